The van der Waals surface area contributed by atoms with Crippen LogP contribution in [0.1, 0.15) is 24.0 Å². The topological polar surface area (TPSA) is 78.1 Å². The van der Waals surface area contributed by atoms with E-state index in [-0.39, 0.29) is 18.4 Å². The summed E-state index contributed by atoms with van der Waals surface area (Å²) in [7, 11) is 1.65. The summed E-state index contributed by atoms with van der Waals surface area (Å²) in [6, 6.07) is 11.8. The Kier molecular flexibility index (Phi) is 5.86. The fraction of sp³-hybridized carbons (Fsp3) is 0.286. The summed E-state index contributed by atoms with van der Waals surface area (Å²) in [5.74, 6) is 0.211. The maximum absolute atomic E-state index is 12.3. The summed E-state index contributed by atoms with van der Waals surface area (Å²) in [5, 5.41) is 3.92. The normalized spacial score (nSPS) is 10.7. The Hall–Kier alpha value is -3.15. The number of aromatic amines is 1. The number of aryl methyl sites for hydroxylation is 2. The Bertz CT molecular complexity index is 948. The number of nitrogens with zero attached hydrogens (tertiary/aromatic N) is 2. The number of H-pyrrole nitrogens is 1. The molecule has 2 heterocycles. The summed E-state index contributed by atoms with van der Waals surface area (Å²) in [5.41, 5.74) is 3.34. The lowest BCUT2D eigenvalue weighted by atomic mass is 10.1. The Labute approximate surface area is 158 Å². The summed E-state index contributed by atoms with van der Waals surface area (Å²) in [4.78, 5) is 33.2. The summed E-state index contributed by atoms with van der Waals surface area (Å²) in [6.07, 6.45) is 5.62. The molecule has 27 heavy (non-hydrogen) atoms. The lowest BCUT2D eigenvalue weighted by molar-refractivity contribution is -0.133. The Morgan fingerprint density at radius 1 is 1.22 bits per heavy atom. The van der Waals surface area contributed by atoms with Gasteiger partial charge in [-0.2, -0.15) is 0 Å². The fourth-order valence-electron chi connectivity index (χ4n) is 3.05. The van der Waals surface area contributed by atoms with E-state index < -0.39 is 0 Å². The van der Waals surface area contributed by atoms with Crippen LogP contribution in [0, 0.1) is 6.92 Å². The summed E-state index contributed by atoms with van der Waals surface area (Å²) in [6.45, 7) is 1.95. The van der Waals surface area contributed by atoms with E-state index in [4.69, 9.17) is 0 Å². The highest BCUT2D eigenvalue weighted by atomic mass is 16.2. The first-order valence-corrected chi connectivity index (χ1v) is 9.04. The second-order valence-electron chi connectivity index (χ2n) is 6.73. The SMILES string of the molecule is Cc1ccnc(NC(=O)CN(C)C(=O)CCCc2c[nH]c3ccccc23)c1. The van der Waals surface area contributed by atoms with Crippen molar-refractivity contribution in [3.63, 3.8) is 0 Å². The van der Waals surface area contributed by atoms with Gasteiger partial charge in [-0.25, -0.2) is 4.98 Å². The minimum Gasteiger partial charge on any atom is -0.361 e. The third kappa shape index (κ3) is 4.94. The Balaban J connectivity index is 1.45. The zero-order valence-corrected chi connectivity index (χ0v) is 15.7. The van der Waals surface area contributed by atoms with Gasteiger partial charge in [-0.1, -0.05) is 18.2 Å². The van der Waals surface area contributed by atoms with Crippen molar-refractivity contribution in [3.05, 3.63) is 59.9 Å². The van der Waals surface area contributed by atoms with Crippen LogP contribution in [0.2, 0.25) is 0 Å². The number of likely N-dealkylation sites (N-methyl/N-ethyl adjacent to an activating group) is 1. The molecule has 0 aliphatic heterocycles. The maximum atomic E-state index is 12.3. The zero-order chi connectivity index (χ0) is 19.2. The van der Waals surface area contributed by atoms with Gasteiger partial charge in [0, 0.05) is 36.8 Å². The van der Waals surface area contributed by atoms with E-state index >= 15 is 0 Å². The number of nitrogens with one attached hydrogen (secondary N) is 2. The van der Waals surface area contributed by atoms with E-state index in [1.54, 1.807) is 19.3 Å². The van der Waals surface area contributed by atoms with Gasteiger partial charge >= 0.3 is 0 Å². The Morgan fingerprint density at radius 2 is 2.04 bits per heavy atom. The molecule has 3 aromatic rings. The number of hydrogen-bond donors (Lipinski definition) is 2. The van der Waals surface area contributed by atoms with E-state index in [0.717, 1.165) is 23.9 Å². The first-order valence-electron chi connectivity index (χ1n) is 9.04. The number of rotatable bonds is 7. The van der Waals surface area contributed by atoms with Crippen molar-refractivity contribution in [1.82, 2.24) is 14.9 Å². The second kappa shape index (κ2) is 8.49. The third-order valence-corrected chi connectivity index (χ3v) is 4.50. The number of amides is 2. The Morgan fingerprint density at radius 3 is 2.85 bits per heavy atom. The third-order valence-electron chi connectivity index (χ3n) is 4.50. The average molecular weight is 364 g/mol. The van der Waals surface area contributed by atoms with Crippen LogP contribution in [0.15, 0.2) is 48.8 Å². The molecule has 0 fully saturated rings. The number of pyridine rings is 1. The molecular weight excluding hydrogens is 340 g/mol. The van der Waals surface area contributed by atoms with Gasteiger partial charge in [0.1, 0.15) is 5.82 Å². The maximum Gasteiger partial charge on any atom is 0.245 e. The van der Waals surface area contributed by atoms with Crippen molar-refractivity contribution < 1.29 is 9.59 Å². The lowest BCUT2D eigenvalue weighted by Gasteiger charge is -2.16. The molecule has 2 aromatic heterocycles. The molecule has 0 spiro atoms. The molecule has 6 nitrogen and oxygen atoms in total. The van der Waals surface area contributed by atoms with Crippen molar-refractivity contribution >= 4 is 28.5 Å². The number of hydrogen-bond acceptors (Lipinski definition) is 3. The van der Waals surface area contributed by atoms with Gasteiger partial charge in [0.2, 0.25) is 11.8 Å². The molecule has 0 radical (unpaired) electrons. The van der Waals surface area contributed by atoms with E-state index in [1.165, 1.54) is 15.8 Å². The molecule has 1 aromatic carbocycles. The van der Waals surface area contributed by atoms with Crippen molar-refractivity contribution in [2.75, 3.05) is 18.9 Å². The number of fused-ring (bicyclic) bond motifs is 1. The molecule has 0 aliphatic rings. The molecule has 0 aliphatic carbocycles. The minimum atomic E-state index is -0.249. The van der Waals surface area contributed by atoms with Gasteiger partial charge in [0.05, 0.1) is 6.54 Å². The van der Waals surface area contributed by atoms with Crippen LogP contribution >= 0.6 is 0 Å². The van der Waals surface area contributed by atoms with Crippen molar-refractivity contribution in [2.24, 2.45) is 0 Å². The molecule has 2 amide bonds. The lowest BCUT2D eigenvalue weighted by Crippen LogP contribution is -2.35. The molecule has 140 valence electrons. The number of benzene rings is 1. The minimum absolute atomic E-state index is 0.0154. The predicted molar refractivity (Wildman–Crippen MR) is 106 cm³/mol. The van der Waals surface area contributed by atoms with Gasteiger partial charge in [-0.05, 0) is 49.1 Å². The van der Waals surface area contributed by atoms with Gasteiger partial charge < -0.3 is 15.2 Å². The first-order chi connectivity index (χ1) is 13.0. The van der Waals surface area contributed by atoms with E-state index in [1.807, 2.05) is 37.4 Å². The molecule has 2 N–H and O–H groups in total. The molecule has 0 bridgehead atoms. The number of carbonyl (C=O) groups excluding carboxylic acids is 2. The van der Waals surface area contributed by atoms with Crippen LogP contribution in [0.3, 0.4) is 0 Å². The molecular formula is C21H24N4O2. The molecule has 3 rings (SSSR count). The highest BCUT2D eigenvalue weighted by Gasteiger charge is 2.14. The second-order valence-corrected chi connectivity index (χ2v) is 6.73. The highest BCUT2D eigenvalue weighted by Crippen LogP contribution is 2.19. The van der Waals surface area contributed by atoms with Gasteiger partial charge in [0.25, 0.3) is 0 Å². The van der Waals surface area contributed by atoms with Gasteiger partial charge in [0.15, 0.2) is 0 Å². The predicted octanol–water partition coefficient (Wildman–Crippen LogP) is 3.29. The monoisotopic (exact) mass is 364 g/mol. The van der Waals surface area contributed by atoms with Crippen LogP contribution in [-0.2, 0) is 16.0 Å². The van der Waals surface area contributed by atoms with Crippen LogP contribution in [0.5, 0.6) is 0 Å². The summed E-state index contributed by atoms with van der Waals surface area (Å²) < 4.78 is 0. The van der Waals surface area contributed by atoms with E-state index in [2.05, 4.69) is 21.4 Å². The fourth-order valence-corrected chi connectivity index (χ4v) is 3.05. The molecule has 0 unspecified atom stereocenters. The van der Waals surface area contributed by atoms with Crippen molar-refractivity contribution in [1.29, 1.82) is 0 Å². The highest BCUT2D eigenvalue weighted by molar-refractivity contribution is 5.93. The van der Waals surface area contributed by atoms with Crippen molar-refractivity contribution in [3.8, 4) is 0 Å². The molecule has 0 atom stereocenters. The quantitative estimate of drug-likeness (QED) is 0.675. The smallest absolute Gasteiger partial charge is 0.245 e. The average Bonchev–Trinajstić information content (AvgIpc) is 3.05. The molecule has 6 heteroatoms. The van der Waals surface area contributed by atoms with Gasteiger partial charge in [-0.15, -0.1) is 0 Å². The zero-order valence-electron chi connectivity index (χ0n) is 15.7. The van der Waals surface area contributed by atoms with Gasteiger partial charge in [-0.3, -0.25) is 9.59 Å². The standard InChI is InChI=1S/C21H24N4O2/c1-15-10-11-22-19(12-15)24-20(26)14-25(2)21(27)9-5-6-16-13-23-18-8-4-3-7-17(16)18/h3-4,7-8,10-13,23H,5-6,9,14H2,1-2H3,(H,22,24,26). The molecule has 0 saturated carbocycles. The van der Waals surface area contributed by atoms with Crippen molar-refractivity contribution in [2.45, 2.75) is 26.2 Å². The number of aromatic nitrogens is 2. The largest absolute Gasteiger partial charge is 0.361 e. The van der Waals surface area contributed by atoms with Crippen LogP contribution in [0.25, 0.3) is 10.9 Å². The van der Waals surface area contributed by atoms with Crippen LogP contribution in [-0.4, -0.2) is 40.3 Å². The van der Waals surface area contributed by atoms with Crippen LogP contribution < -0.4 is 5.32 Å². The first kappa shape index (κ1) is 18.6. The molecule has 0 saturated heterocycles. The summed E-state index contributed by atoms with van der Waals surface area (Å²) >= 11 is 0. The number of anilines is 1. The van der Waals surface area contributed by atoms with Crippen LogP contribution in [0.4, 0.5) is 5.82 Å². The number of carbonyl (C=O) groups is 2. The van der Waals surface area contributed by atoms with E-state index in [9.17, 15) is 9.59 Å². The number of para-hydroxylation sites is 1. The van der Waals surface area contributed by atoms with E-state index in [0.29, 0.717) is 12.2 Å².